The van der Waals surface area contributed by atoms with Gasteiger partial charge in [0.05, 0.1) is 13.2 Å². The van der Waals surface area contributed by atoms with Crippen LogP contribution in [0, 0.1) is 0 Å². The Hall–Kier alpha value is -1.87. The summed E-state index contributed by atoms with van der Waals surface area (Å²) in [4.78, 5) is 4.03. The predicted octanol–water partition coefficient (Wildman–Crippen LogP) is 2.37. The Kier molecular flexibility index (Phi) is 3.73. The normalized spacial score (nSPS) is 12.1. The molecule has 17 heavy (non-hydrogen) atoms. The number of nitrogens with zero attached hydrogens (tertiary/aromatic N) is 1. The number of pyridine rings is 1. The van der Waals surface area contributed by atoms with Crippen molar-refractivity contribution < 1.29 is 9.84 Å². The van der Waals surface area contributed by atoms with Gasteiger partial charge in [0.2, 0.25) is 0 Å². The van der Waals surface area contributed by atoms with E-state index in [1.165, 1.54) is 0 Å². The number of aliphatic hydroxyl groups excluding tert-OH is 1. The third kappa shape index (κ3) is 3.04. The second-order valence-electron chi connectivity index (χ2n) is 3.85. The van der Waals surface area contributed by atoms with Crippen molar-refractivity contribution in [3.63, 3.8) is 0 Å². The summed E-state index contributed by atoms with van der Waals surface area (Å²) in [5.74, 6) is 0.794. The minimum atomic E-state index is -0.509. The number of hydrogen-bond donors (Lipinski definition) is 1. The fourth-order valence-electron chi connectivity index (χ4n) is 1.69. The molecule has 2 rings (SSSR count). The third-order valence-corrected chi connectivity index (χ3v) is 2.65. The van der Waals surface area contributed by atoms with Crippen molar-refractivity contribution in [2.45, 2.75) is 12.5 Å². The molecule has 0 aliphatic rings. The van der Waals surface area contributed by atoms with E-state index in [9.17, 15) is 5.11 Å². The van der Waals surface area contributed by atoms with Gasteiger partial charge < -0.3 is 9.84 Å². The summed E-state index contributed by atoms with van der Waals surface area (Å²) in [7, 11) is 1.63. The summed E-state index contributed by atoms with van der Waals surface area (Å²) in [6, 6.07) is 11.3. The fourth-order valence-corrected chi connectivity index (χ4v) is 1.69. The average molecular weight is 229 g/mol. The molecule has 0 amide bonds. The van der Waals surface area contributed by atoms with Gasteiger partial charge in [-0.05, 0) is 29.3 Å². The molecule has 3 nitrogen and oxygen atoms in total. The Balaban J connectivity index is 2.06. The zero-order valence-electron chi connectivity index (χ0n) is 9.71. The lowest BCUT2D eigenvalue weighted by molar-refractivity contribution is 0.178. The van der Waals surface area contributed by atoms with Gasteiger partial charge in [-0.15, -0.1) is 0 Å². The molecule has 3 heteroatoms. The van der Waals surface area contributed by atoms with Crippen molar-refractivity contribution in [3.8, 4) is 5.75 Å². The molecule has 1 aromatic heterocycles. The van der Waals surface area contributed by atoms with Crippen LogP contribution in [0.1, 0.15) is 17.2 Å². The number of ether oxygens (including phenoxy) is 1. The summed E-state index contributed by atoms with van der Waals surface area (Å²) in [5.41, 5.74) is 1.91. The van der Waals surface area contributed by atoms with Crippen LogP contribution in [0.25, 0.3) is 0 Å². The summed E-state index contributed by atoms with van der Waals surface area (Å²) < 4.78 is 5.08. The van der Waals surface area contributed by atoms with E-state index in [4.69, 9.17) is 4.74 Å². The molecule has 0 fully saturated rings. The number of hydrogen-bond acceptors (Lipinski definition) is 3. The minimum Gasteiger partial charge on any atom is -0.497 e. The highest BCUT2D eigenvalue weighted by Crippen LogP contribution is 2.20. The van der Waals surface area contributed by atoms with E-state index in [1.54, 1.807) is 19.5 Å². The molecular weight excluding hydrogens is 214 g/mol. The van der Waals surface area contributed by atoms with Crippen molar-refractivity contribution in [1.82, 2.24) is 4.98 Å². The highest BCUT2D eigenvalue weighted by Gasteiger charge is 2.08. The maximum atomic E-state index is 10.1. The first kappa shape index (κ1) is 11.6. The topological polar surface area (TPSA) is 42.4 Å². The zero-order valence-corrected chi connectivity index (χ0v) is 9.71. The fraction of sp³-hybridized carbons (Fsp3) is 0.214. The van der Waals surface area contributed by atoms with Crippen LogP contribution in [0.2, 0.25) is 0 Å². The summed E-state index contributed by atoms with van der Waals surface area (Å²) in [6.45, 7) is 0. The number of aromatic nitrogens is 1. The van der Waals surface area contributed by atoms with E-state index in [0.29, 0.717) is 6.42 Å². The van der Waals surface area contributed by atoms with Crippen LogP contribution in [0.5, 0.6) is 5.75 Å². The van der Waals surface area contributed by atoms with Crippen molar-refractivity contribution in [1.29, 1.82) is 0 Å². The number of aliphatic hydroxyl groups is 1. The third-order valence-electron chi connectivity index (χ3n) is 2.65. The average Bonchev–Trinajstić information content (AvgIpc) is 2.40. The Morgan fingerprint density at radius 1 is 1.24 bits per heavy atom. The van der Waals surface area contributed by atoms with Gasteiger partial charge in [-0.1, -0.05) is 18.2 Å². The van der Waals surface area contributed by atoms with E-state index in [0.717, 1.165) is 16.9 Å². The second-order valence-corrected chi connectivity index (χ2v) is 3.85. The molecule has 1 atom stereocenters. The van der Waals surface area contributed by atoms with Crippen LogP contribution in [0.4, 0.5) is 0 Å². The molecule has 0 saturated carbocycles. The van der Waals surface area contributed by atoms with Crippen LogP contribution >= 0.6 is 0 Å². The zero-order chi connectivity index (χ0) is 12.1. The SMILES string of the molecule is COc1ccc([C@@H](O)Cc2cccnc2)cc1. The standard InChI is InChI=1S/C14H15NO2/c1-17-13-6-4-12(5-7-13)14(16)9-11-3-2-8-15-10-11/h2-8,10,14,16H,9H2,1H3/t14-/m0/s1. The lowest BCUT2D eigenvalue weighted by atomic mass is 10.0. The van der Waals surface area contributed by atoms with E-state index in [1.807, 2.05) is 36.4 Å². The van der Waals surface area contributed by atoms with Crippen LogP contribution < -0.4 is 4.74 Å². The Bertz CT molecular complexity index is 453. The van der Waals surface area contributed by atoms with Crippen LogP contribution in [-0.2, 0) is 6.42 Å². The van der Waals surface area contributed by atoms with Crippen molar-refractivity contribution in [3.05, 3.63) is 59.9 Å². The van der Waals surface area contributed by atoms with Crippen LogP contribution in [-0.4, -0.2) is 17.2 Å². The van der Waals surface area contributed by atoms with Gasteiger partial charge in [-0.2, -0.15) is 0 Å². The van der Waals surface area contributed by atoms with Gasteiger partial charge in [0.25, 0.3) is 0 Å². The van der Waals surface area contributed by atoms with Gasteiger partial charge >= 0.3 is 0 Å². The monoisotopic (exact) mass is 229 g/mol. The molecule has 2 aromatic rings. The molecule has 1 heterocycles. The van der Waals surface area contributed by atoms with E-state index in [-0.39, 0.29) is 0 Å². The smallest absolute Gasteiger partial charge is 0.118 e. The number of methoxy groups -OCH3 is 1. The Morgan fingerprint density at radius 3 is 2.59 bits per heavy atom. The van der Waals surface area contributed by atoms with Crippen LogP contribution in [0.15, 0.2) is 48.8 Å². The molecule has 0 saturated heterocycles. The molecule has 0 aliphatic carbocycles. The highest BCUT2D eigenvalue weighted by atomic mass is 16.5. The van der Waals surface area contributed by atoms with E-state index >= 15 is 0 Å². The first-order chi connectivity index (χ1) is 8.29. The van der Waals surface area contributed by atoms with Crippen LogP contribution in [0.3, 0.4) is 0 Å². The van der Waals surface area contributed by atoms with Gasteiger partial charge in [0, 0.05) is 18.8 Å². The molecular formula is C14H15NO2. The molecule has 1 aromatic carbocycles. The second kappa shape index (κ2) is 5.46. The Labute approximate surface area is 101 Å². The molecule has 1 N–H and O–H groups in total. The maximum Gasteiger partial charge on any atom is 0.118 e. The summed E-state index contributed by atoms with van der Waals surface area (Å²) >= 11 is 0. The first-order valence-corrected chi connectivity index (χ1v) is 5.50. The molecule has 0 unspecified atom stereocenters. The van der Waals surface area contributed by atoms with Crippen molar-refractivity contribution in [2.24, 2.45) is 0 Å². The van der Waals surface area contributed by atoms with E-state index < -0.39 is 6.10 Å². The molecule has 0 bridgehead atoms. The highest BCUT2D eigenvalue weighted by molar-refractivity contribution is 5.29. The number of benzene rings is 1. The lowest BCUT2D eigenvalue weighted by Crippen LogP contribution is -2.01. The Morgan fingerprint density at radius 2 is 2.00 bits per heavy atom. The quantitative estimate of drug-likeness (QED) is 0.875. The molecule has 0 aliphatic heterocycles. The van der Waals surface area contributed by atoms with Gasteiger partial charge in [-0.25, -0.2) is 0 Å². The molecule has 88 valence electrons. The molecule has 0 radical (unpaired) electrons. The molecule has 0 spiro atoms. The van der Waals surface area contributed by atoms with Gasteiger partial charge in [0.15, 0.2) is 0 Å². The van der Waals surface area contributed by atoms with Gasteiger partial charge in [0.1, 0.15) is 5.75 Å². The lowest BCUT2D eigenvalue weighted by Gasteiger charge is -2.11. The number of rotatable bonds is 4. The largest absolute Gasteiger partial charge is 0.497 e. The van der Waals surface area contributed by atoms with Crippen molar-refractivity contribution >= 4 is 0 Å². The first-order valence-electron chi connectivity index (χ1n) is 5.50. The van der Waals surface area contributed by atoms with E-state index in [2.05, 4.69) is 4.98 Å². The summed E-state index contributed by atoms with van der Waals surface area (Å²) in [5, 5.41) is 10.1. The minimum absolute atomic E-state index is 0.509. The van der Waals surface area contributed by atoms with Gasteiger partial charge in [-0.3, -0.25) is 4.98 Å². The van der Waals surface area contributed by atoms with Crippen molar-refractivity contribution in [2.75, 3.05) is 7.11 Å². The maximum absolute atomic E-state index is 10.1. The predicted molar refractivity (Wildman–Crippen MR) is 65.9 cm³/mol. The summed E-state index contributed by atoms with van der Waals surface area (Å²) in [6.07, 6.45) is 3.56.